The first-order chi connectivity index (χ1) is 15.5. The summed E-state index contributed by atoms with van der Waals surface area (Å²) in [6.45, 7) is 0.160. The van der Waals surface area contributed by atoms with E-state index in [1.54, 1.807) is 36.4 Å². The van der Waals surface area contributed by atoms with Gasteiger partial charge in [-0.15, -0.1) is 0 Å². The molecule has 32 heavy (non-hydrogen) atoms. The maximum atomic E-state index is 13.2. The fourth-order valence-electron chi connectivity index (χ4n) is 3.32. The van der Waals surface area contributed by atoms with Crippen LogP contribution in [0.25, 0.3) is 16.8 Å². The van der Waals surface area contributed by atoms with Crippen molar-refractivity contribution in [3.63, 3.8) is 0 Å². The molecule has 0 heterocycles. The monoisotopic (exact) mass is 443 g/mol. The van der Waals surface area contributed by atoms with E-state index in [1.165, 1.54) is 30.3 Å². The zero-order valence-corrected chi connectivity index (χ0v) is 17.7. The van der Waals surface area contributed by atoms with Crippen LogP contribution in [0, 0.1) is 17.1 Å². The van der Waals surface area contributed by atoms with Gasteiger partial charge in [0.25, 0.3) is 0 Å². The molecule has 0 aliphatic carbocycles. The lowest BCUT2D eigenvalue weighted by molar-refractivity contribution is 0.306. The molecular formula is C26H18FNO3S. The standard InChI is InChI=1S/C26H18FNO3S/c27-21-13-10-19(11-14-21)18-31-26-15-12-20-6-4-5-9-24(20)25(26)16-23(17-28)32(29,30)22-7-2-1-3-8-22/h1-16H,18H2. The zero-order valence-electron chi connectivity index (χ0n) is 16.9. The van der Waals surface area contributed by atoms with Crippen LogP contribution in [0.4, 0.5) is 4.39 Å². The van der Waals surface area contributed by atoms with Crippen molar-refractivity contribution < 1.29 is 17.5 Å². The molecule has 0 aromatic heterocycles. The zero-order chi connectivity index (χ0) is 22.6. The summed E-state index contributed by atoms with van der Waals surface area (Å²) in [4.78, 5) is -0.339. The fourth-order valence-corrected chi connectivity index (χ4v) is 4.48. The van der Waals surface area contributed by atoms with E-state index in [0.29, 0.717) is 11.3 Å². The third kappa shape index (κ3) is 4.39. The molecule has 0 saturated carbocycles. The Bertz CT molecular complexity index is 1440. The van der Waals surface area contributed by atoms with Crippen molar-refractivity contribution in [3.8, 4) is 11.8 Å². The number of fused-ring (bicyclic) bond motifs is 1. The van der Waals surface area contributed by atoms with E-state index in [4.69, 9.17) is 4.74 Å². The predicted molar refractivity (Wildman–Crippen MR) is 122 cm³/mol. The molecule has 158 valence electrons. The molecule has 0 fully saturated rings. The SMILES string of the molecule is N#CC(=Cc1c(OCc2ccc(F)cc2)ccc2ccccc12)S(=O)(=O)c1ccccc1. The van der Waals surface area contributed by atoms with Crippen LogP contribution in [-0.2, 0) is 16.4 Å². The van der Waals surface area contributed by atoms with Crippen molar-refractivity contribution in [2.24, 2.45) is 0 Å². The van der Waals surface area contributed by atoms with Gasteiger partial charge in [0.2, 0.25) is 9.84 Å². The molecule has 4 aromatic carbocycles. The van der Waals surface area contributed by atoms with Crippen molar-refractivity contribution >= 4 is 26.7 Å². The Hall–Kier alpha value is -3.95. The van der Waals surface area contributed by atoms with E-state index in [2.05, 4.69) is 0 Å². The van der Waals surface area contributed by atoms with E-state index in [-0.39, 0.29) is 22.2 Å². The van der Waals surface area contributed by atoms with Crippen LogP contribution in [0.15, 0.2) is 101 Å². The molecule has 4 aromatic rings. The quantitative estimate of drug-likeness (QED) is 0.348. The smallest absolute Gasteiger partial charge is 0.216 e. The largest absolute Gasteiger partial charge is 0.488 e. The maximum Gasteiger partial charge on any atom is 0.216 e. The van der Waals surface area contributed by atoms with E-state index >= 15 is 0 Å². The molecule has 0 spiro atoms. The Morgan fingerprint density at radius 3 is 2.31 bits per heavy atom. The molecule has 6 heteroatoms. The Morgan fingerprint density at radius 2 is 1.59 bits per heavy atom. The third-order valence-corrected chi connectivity index (χ3v) is 6.65. The highest BCUT2D eigenvalue weighted by atomic mass is 32.2. The van der Waals surface area contributed by atoms with Gasteiger partial charge >= 0.3 is 0 Å². The fraction of sp³-hybridized carbons (Fsp3) is 0.0385. The molecule has 0 atom stereocenters. The molecule has 0 radical (unpaired) electrons. The molecule has 4 rings (SSSR count). The van der Waals surface area contributed by atoms with Gasteiger partial charge in [-0.3, -0.25) is 0 Å². The number of sulfone groups is 1. The number of rotatable bonds is 6. The number of allylic oxidation sites excluding steroid dienone is 1. The molecular weight excluding hydrogens is 425 g/mol. The van der Waals surface area contributed by atoms with E-state index in [9.17, 15) is 18.1 Å². The lowest BCUT2D eigenvalue weighted by atomic mass is 10.0. The molecule has 0 N–H and O–H groups in total. The molecule has 0 unspecified atom stereocenters. The minimum Gasteiger partial charge on any atom is -0.488 e. The summed E-state index contributed by atoms with van der Waals surface area (Å²) in [7, 11) is -4.00. The normalized spacial score (nSPS) is 11.8. The van der Waals surface area contributed by atoms with Crippen LogP contribution in [0.2, 0.25) is 0 Å². The van der Waals surface area contributed by atoms with Gasteiger partial charge in [-0.05, 0) is 52.7 Å². The highest BCUT2D eigenvalue weighted by molar-refractivity contribution is 7.95. The van der Waals surface area contributed by atoms with Gasteiger partial charge in [0.1, 0.15) is 29.1 Å². The van der Waals surface area contributed by atoms with Crippen molar-refractivity contribution in [3.05, 3.63) is 113 Å². The Morgan fingerprint density at radius 1 is 0.906 bits per heavy atom. The molecule has 4 nitrogen and oxygen atoms in total. The van der Waals surface area contributed by atoms with Gasteiger partial charge in [0, 0.05) is 5.56 Å². The number of hydrogen-bond acceptors (Lipinski definition) is 4. The van der Waals surface area contributed by atoms with Gasteiger partial charge in [-0.25, -0.2) is 12.8 Å². The van der Waals surface area contributed by atoms with Crippen LogP contribution in [0.1, 0.15) is 11.1 Å². The minimum atomic E-state index is -4.00. The molecule has 0 amide bonds. The second-order valence-electron chi connectivity index (χ2n) is 7.05. The molecule has 0 saturated heterocycles. The minimum absolute atomic E-state index is 0.0433. The van der Waals surface area contributed by atoms with Gasteiger partial charge in [0.05, 0.1) is 4.90 Å². The summed E-state index contributed by atoms with van der Waals surface area (Å²) in [5.41, 5.74) is 1.24. The topological polar surface area (TPSA) is 67.2 Å². The molecule has 0 aliphatic heterocycles. The highest BCUT2D eigenvalue weighted by Crippen LogP contribution is 2.32. The van der Waals surface area contributed by atoms with Crippen LogP contribution in [0.3, 0.4) is 0 Å². The van der Waals surface area contributed by atoms with E-state index in [0.717, 1.165) is 16.3 Å². The highest BCUT2D eigenvalue weighted by Gasteiger charge is 2.22. The first-order valence-electron chi connectivity index (χ1n) is 9.80. The van der Waals surface area contributed by atoms with Crippen molar-refractivity contribution in [2.45, 2.75) is 11.5 Å². The van der Waals surface area contributed by atoms with Gasteiger partial charge in [0.15, 0.2) is 0 Å². The van der Waals surface area contributed by atoms with E-state index in [1.807, 2.05) is 36.4 Å². The summed E-state index contributed by atoms with van der Waals surface area (Å²) in [6, 6.07) is 26.7. The van der Waals surface area contributed by atoms with Crippen LogP contribution < -0.4 is 4.74 Å². The van der Waals surface area contributed by atoms with Crippen LogP contribution in [-0.4, -0.2) is 8.42 Å². The Balaban J connectivity index is 1.81. The summed E-state index contributed by atoms with van der Waals surface area (Å²) in [5.74, 6) is 0.0805. The van der Waals surface area contributed by atoms with Gasteiger partial charge < -0.3 is 4.74 Å². The van der Waals surface area contributed by atoms with Crippen LogP contribution >= 0.6 is 0 Å². The predicted octanol–water partition coefficient (Wildman–Crippen LogP) is 5.90. The number of ether oxygens (including phenoxy) is 1. The third-order valence-electron chi connectivity index (χ3n) is 4.97. The first-order valence-corrected chi connectivity index (χ1v) is 11.3. The van der Waals surface area contributed by atoms with E-state index < -0.39 is 9.84 Å². The van der Waals surface area contributed by atoms with Gasteiger partial charge in [-0.1, -0.05) is 60.7 Å². The lowest BCUT2D eigenvalue weighted by Crippen LogP contribution is -2.04. The summed E-state index contributed by atoms with van der Waals surface area (Å²) in [5, 5.41) is 11.3. The average molecular weight is 443 g/mol. The summed E-state index contributed by atoms with van der Waals surface area (Å²) < 4.78 is 45.3. The van der Waals surface area contributed by atoms with Crippen molar-refractivity contribution in [1.82, 2.24) is 0 Å². The van der Waals surface area contributed by atoms with Gasteiger partial charge in [-0.2, -0.15) is 5.26 Å². The summed E-state index contributed by atoms with van der Waals surface area (Å²) in [6.07, 6.45) is 1.35. The average Bonchev–Trinajstić information content (AvgIpc) is 2.83. The number of hydrogen-bond donors (Lipinski definition) is 0. The molecule has 0 aliphatic rings. The second-order valence-corrected chi connectivity index (χ2v) is 8.97. The number of halogens is 1. The first kappa shape index (κ1) is 21.3. The number of nitrogens with zero attached hydrogens (tertiary/aromatic N) is 1. The van der Waals surface area contributed by atoms with Crippen molar-refractivity contribution in [2.75, 3.05) is 0 Å². The lowest BCUT2D eigenvalue weighted by Gasteiger charge is -2.13. The van der Waals surface area contributed by atoms with Crippen molar-refractivity contribution in [1.29, 1.82) is 5.26 Å². The van der Waals surface area contributed by atoms with Crippen LogP contribution in [0.5, 0.6) is 5.75 Å². The Labute approximate surface area is 185 Å². The summed E-state index contributed by atoms with van der Waals surface area (Å²) >= 11 is 0. The second kappa shape index (κ2) is 9.04. The number of nitriles is 1. The number of benzene rings is 4. The Kier molecular flexibility index (Phi) is 6.02. The maximum absolute atomic E-state index is 13.2. The molecule has 0 bridgehead atoms.